The number of fused-ring (bicyclic) bond motifs is 1. The normalized spacial score (nSPS) is 12.5. The Bertz CT molecular complexity index is 1290. The molecule has 3 heterocycles. The lowest BCUT2D eigenvalue weighted by Gasteiger charge is -2.14. The van der Waals surface area contributed by atoms with Gasteiger partial charge in [-0.1, -0.05) is 43.8 Å². The van der Waals surface area contributed by atoms with Gasteiger partial charge in [0, 0.05) is 11.4 Å². The van der Waals surface area contributed by atoms with Crippen LogP contribution in [-0.4, -0.2) is 24.7 Å². The molecule has 0 amide bonds. The lowest BCUT2D eigenvalue weighted by atomic mass is 10.1. The van der Waals surface area contributed by atoms with Gasteiger partial charge in [0.15, 0.2) is 11.0 Å². The Balaban J connectivity index is 1.58. The molecule has 0 aliphatic carbocycles. The van der Waals surface area contributed by atoms with Gasteiger partial charge in [-0.2, -0.15) is 0 Å². The number of hydrogen-bond donors (Lipinski definition) is 1. The summed E-state index contributed by atoms with van der Waals surface area (Å²) >= 11 is 3.12. The van der Waals surface area contributed by atoms with Crippen LogP contribution in [0.15, 0.2) is 40.3 Å². The Hall–Kier alpha value is -2.65. The molecule has 0 spiro atoms. The Morgan fingerprint density at radius 1 is 1.15 bits per heavy atom. The van der Waals surface area contributed by atoms with E-state index < -0.39 is 0 Å². The highest BCUT2D eigenvalue weighted by atomic mass is 32.2. The second-order valence-corrected chi connectivity index (χ2v) is 11.0. The summed E-state index contributed by atoms with van der Waals surface area (Å²) in [7, 11) is 0. The first-order valence-electron chi connectivity index (χ1n) is 11.1. The predicted octanol–water partition coefficient (Wildman–Crippen LogP) is 5.67. The smallest absolute Gasteiger partial charge is 0.259 e. The number of rotatable bonds is 9. The highest BCUT2D eigenvalue weighted by Gasteiger charge is 2.20. The molecule has 0 fully saturated rings. The zero-order valence-corrected chi connectivity index (χ0v) is 21.2. The van der Waals surface area contributed by atoms with Crippen molar-refractivity contribution in [1.29, 1.82) is 0 Å². The van der Waals surface area contributed by atoms with E-state index in [4.69, 9.17) is 9.72 Å². The van der Waals surface area contributed by atoms with Crippen LogP contribution >= 0.6 is 23.1 Å². The lowest BCUT2D eigenvalue weighted by Crippen LogP contribution is -2.13. The van der Waals surface area contributed by atoms with Crippen molar-refractivity contribution in [2.75, 3.05) is 0 Å². The molecule has 3 aromatic heterocycles. The molecule has 1 atom stereocenters. The summed E-state index contributed by atoms with van der Waals surface area (Å²) in [4.78, 5) is 22.4. The van der Waals surface area contributed by atoms with E-state index in [0.717, 1.165) is 45.0 Å². The quantitative estimate of drug-likeness (QED) is 0.309. The van der Waals surface area contributed by atoms with Crippen LogP contribution in [0.4, 0.5) is 0 Å². The molecule has 7 nitrogen and oxygen atoms in total. The molecular formula is C24H29N5O2S2. The largest absolute Gasteiger partial charge is 0.486 e. The van der Waals surface area contributed by atoms with Crippen LogP contribution < -0.4 is 10.3 Å². The second kappa shape index (κ2) is 10.1. The zero-order valence-electron chi connectivity index (χ0n) is 19.6. The first-order chi connectivity index (χ1) is 15.8. The number of aromatic nitrogens is 5. The van der Waals surface area contributed by atoms with Gasteiger partial charge < -0.3 is 14.3 Å². The van der Waals surface area contributed by atoms with Crippen LogP contribution in [0.1, 0.15) is 54.5 Å². The number of aromatic amines is 1. The number of thioether (sulfide) groups is 1. The van der Waals surface area contributed by atoms with E-state index in [-0.39, 0.29) is 10.8 Å². The fourth-order valence-electron chi connectivity index (χ4n) is 3.47. The van der Waals surface area contributed by atoms with Crippen molar-refractivity contribution in [1.82, 2.24) is 24.7 Å². The third-order valence-corrected chi connectivity index (χ3v) is 7.75. The molecular weight excluding hydrogens is 454 g/mol. The van der Waals surface area contributed by atoms with Gasteiger partial charge in [-0.25, -0.2) is 4.98 Å². The van der Waals surface area contributed by atoms with Gasteiger partial charge in [0.2, 0.25) is 0 Å². The summed E-state index contributed by atoms with van der Waals surface area (Å²) in [5.74, 6) is 2.79. The molecule has 0 saturated heterocycles. The van der Waals surface area contributed by atoms with E-state index in [9.17, 15) is 4.79 Å². The fourth-order valence-corrected chi connectivity index (χ4v) is 5.46. The number of nitrogens with one attached hydrogen (secondary N) is 1. The molecule has 4 aromatic rings. The Morgan fingerprint density at radius 2 is 1.91 bits per heavy atom. The van der Waals surface area contributed by atoms with Crippen LogP contribution in [0.3, 0.4) is 0 Å². The maximum absolute atomic E-state index is 12.7. The molecule has 174 valence electrons. The van der Waals surface area contributed by atoms with E-state index in [1.54, 1.807) is 23.1 Å². The molecule has 4 rings (SSSR count). The Labute approximate surface area is 201 Å². The zero-order chi connectivity index (χ0) is 23.5. The summed E-state index contributed by atoms with van der Waals surface area (Å²) in [6, 6.07) is 9.71. The minimum atomic E-state index is -0.0882. The molecule has 0 aliphatic rings. The van der Waals surface area contributed by atoms with Gasteiger partial charge in [0.25, 0.3) is 5.56 Å². The van der Waals surface area contributed by atoms with Crippen LogP contribution in [0.2, 0.25) is 0 Å². The number of hydrogen-bond acceptors (Lipinski definition) is 7. The molecule has 1 aromatic carbocycles. The van der Waals surface area contributed by atoms with Crippen molar-refractivity contribution in [3.63, 3.8) is 0 Å². The SMILES string of the molecule is Cc1sc2nc(C(C)Sc3nnc(COc4ccccc4)n3CCC(C)C)[nH]c(=O)c2c1C. The number of aryl methyl sites for hydroxylation is 2. The van der Waals surface area contributed by atoms with Crippen molar-refractivity contribution in [2.24, 2.45) is 5.92 Å². The number of para-hydroxylation sites is 1. The van der Waals surface area contributed by atoms with Crippen molar-refractivity contribution in [2.45, 2.75) is 64.6 Å². The number of H-pyrrole nitrogens is 1. The van der Waals surface area contributed by atoms with Crippen molar-refractivity contribution in [3.8, 4) is 5.75 Å². The minimum absolute atomic E-state index is 0.0810. The maximum atomic E-state index is 12.7. The van der Waals surface area contributed by atoms with Crippen LogP contribution in [-0.2, 0) is 13.2 Å². The van der Waals surface area contributed by atoms with E-state index in [0.29, 0.717) is 23.7 Å². The van der Waals surface area contributed by atoms with Gasteiger partial charge >= 0.3 is 0 Å². The molecule has 1 unspecified atom stereocenters. The number of nitrogens with zero attached hydrogens (tertiary/aromatic N) is 4. The summed E-state index contributed by atoms with van der Waals surface area (Å²) in [6.07, 6.45) is 1.01. The minimum Gasteiger partial charge on any atom is -0.486 e. The molecule has 33 heavy (non-hydrogen) atoms. The van der Waals surface area contributed by atoms with Gasteiger partial charge in [-0.05, 0) is 50.8 Å². The van der Waals surface area contributed by atoms with E-state index in [1.165, 1.54) is 0 Å². The van der Waals surface area contributed by atoms with Crippen molar-refractivity contribution >= 4 is 33.3 Å². The third-order valence-electron chi connectivity index (χ3n) is 5.56. The summed E-state index contributed by atoms with van der Waals surface area (Å²) < 4.78 is 8.05. The van der Waals surface area contributed by atoms with Crippen molar-refractivity contribution in [3.05, 3.63) is 62.8 Å². The first-order valence-corrected chi connectivity index (χ1v) is 12.8. The average molecular weight is 484 g/mol. The monoisotopic (exact) mass is 483 g/mol. The summed E-state index contributed by atoms with van der Waals surface area (Å²) in [5.41, 5.74) is 0.926. The number of benzene rings is 1. The standard InChI is InChI=1S/C24H29N5O2S2/c1-14(2)11-12-29-19(13-31-18-9-7-6-8-10-18)27-28-24(29)33-17(5)21-25-22(30)20-15(3)16(4)32-23(20)26-21/h6-10,14,17H,11-13H2,1-5H3,(H,25,26,30). The fraction of sp³-hybridized carbons (Fsp3) is 0.417. The summed E-state index contributed by atoms with van der Waals surface area (Å²) in [6.45, 7) is 11.6. The number of ether oxygens (including phenoxy) is 1. The number of thiophene rings is 1. The predicted molar refractivity (Wildman–Crippen MR) is 134 cm³/mol. The molecule has 1 N–H and O–H groups in total. The van der Waals surface area contributed by atoms with Crippen molar-refractivity contribution < 1.29 is 4.74 Å². The summed E-state index contributed by atoms with van der Waals surface area (Å²) in [5, 5.41) is 10.3. The van der Waals surface area contributed by atoms with E-state index in [1.807, 2.05) is 51.1 Å². The molecule has 0 bridgehead atoms. The third kappa shape index (κ3) is 5.30. The van der Waals surface area contributed by atoms with Gasteiger partial charge in [-0.3, -0.25) is 4.79 Å². The average Bonchev–Trinajstić information content (AvgIpc) is 3.30. The van der Waals surface area contributed by atoms with Gasteiger partial charge in [0.1, 0.15) is 23.0 Å². The first kappa shape index (κ1) is 23.5. The lowest BCUT2D eigenvalue weighted by molar-refractivity contribution is 0.285. The highest BCUT2D eigenvalue weighted by molar-refractivity contribution is 7.99. The van der Waals surface area contributed by atoms with Gasteiger partial charge in [-0.15, -0.1) is 21.5 Å². The van der Waals surface area contributed by atoms with Gasteiger partial charge in [0.05, 0.1) is 10.6 Å². The molecule has 9 heteroatoms. The van der Waals surface area contributed by atoms with Crippen LogP contribution in [0, 0.1) is 19.8 Å². The van der Waals surface area contributed by atoms with E-state index >= 15 is 0 Å². The molecule has 0 radical (unpaired) electrons. The van der Waals surface area contributed by atoms with Crippen LogP contribution in [0.5, 0.6) is 5.75 Å². The highest BCUT2D eigenvalue weighted by Crippen LogP contribution is 2.34. The molecule has 0 saturated carbocycles. The topological polar surface area (TPSA) is 85.7 Å². The maximum Gasteiger partial charge on any atom is 0.259 e. The van der Waals surface area contributed by atoms with E-state index in [2.05, 4.69) is 33.6 Å². The second-order valence-electron chi connectivity index (χ2n) is 8.51. The van der Waals surface area contributed by atoms with Crippen LogP contribution in [0.25, 0.3) is 10.2 Å². The Morgan fingerprint density at radius 3 is 2.64 bits per heavy atom. The molecule has 0 aliphatic heterocycles. The Kier molecular flexibility index (Phi) is 7.19.